The van der Waals surface area contributed by atoms with E-state index in [9.17, 15) is 0 Å². The maximum atomic E-state index is 6.40. The molecule has 0 N–H and O–H groups in total. The van der Waals surface area contributed by atoms with Crippen LogP contribution in [0.4, 0.5) is 0 Å². The third-order valence-corrected chi connectivity index (χ3v) is 5.40. The number of alkyl halides is 1. The number of rotatable bonds is 2. The summed E-state index contributed by atoms with van der Waals surface area (Å²) in [6.45, 7) is 6.76. The molecule has 1 aliphatic rings. The Kier molecular flexibility index (Phi) is 4.08. The molecule has 1 aromatic carbocycles. The summed E-state index contributed by atoms with van der Waals surface area (Å²) < 4.78 is 3.47. The summed E-state index contributed by atoms with van der Waals surface area (Å²) in [6, 6.07) is 6.87. The van der Waals surface area contributed by atoms with Gasteiger partial charge in [-0.1, -0.05) is 29.8 Å². The van der Waals surface area contributed by atoms with Crippen LogP contribution in [0.3, 0.4) is 0 Å². The number of hydrogen-bond acceptors (Lipinski definition) is 1. The van der Waals surface area contributed by atoms with Crippen molar-refractivity contribution in [3.05, 3.63) is 28.5 Å². The fourth-order valence-corrected chi connectivity index (χ4v) is 3.90. The van der Waals surface area contributed by atoms with Gasteiger partial charge < -0.3 is 4.57 Å². The fraction of sp³-hybridized carbons (Fsp3) is 0.588. The molecule has 1 atom stereocenters. The van der Waals surface area contributed by atoms with Crippen LogP contribution in [-0.2, 0) is 0 Å². The van der Waals surface area contributed by atoms with E-state index in [0.717, 1.165) is 15.8 Å². The predicted octanol–water partition coefficient (Wildman–Crippen LogP) is 6.24. The number of aromatic nitrogens is 2. The van der Waals surface area contributed by atoms with E-state index in [-0.39, 0.29) is 5.38 Å². The topological polar surface area (TPSA) is 17.8 Å². The standard InChI is InChI=1S/C17H22BrClN2/c1-11(19)16-20-14-10-12(18)4-5-15(14)21(16)13-6-8-17(2,3)9-7-13/h4-5,10-11,13H,6-9H2,1-3H3. The second-order valence-electron chi connectivity index (χ2n) is 6.98. The maximum absolute atomic E-state index is 6.40. The monoisotopic (exact) mass is 368 g/mol. The average Bonchev–Trinajstić information content (AvgIpc) is 2.77. The number of nitrogens with zero attached hydrogens (tertiary/aromatic N) is 2. The molecule has 1 fully saturated rings. The highest BCUT2D eigenvalue weighted by atomic mass is 79.9. The molecule has 0 bridgehead atoms. The summed E-state index contributed by atoms with van der Waals surface area (Å²) in [6.07, 6.45) is 4.96. The number of fused-ring (bicyclic) bond motifs is 1. The summed E-state index contributed by atoms with van der Waals surface area (Å²) in [5, 5.41) is -0.0638. The van der Waals surface area contributed by atoms with E-state index >= 15 is 0 Å². The number of hydrogen-bond donors (Lipinski definition) is 0. The Hall–Kier alpha value is -0.540. The Morgan fingerprint density at radius 3 is 2.62 bits per heavy atom. The zero-order valence-corrected chi connectivity index (χ0v) is 15.2. The SMILES string of the molecule is CC(Cl)c1nc2cc(Br)ccc2n1C1CCC(C)(C)CC1. The summed E-state index contributed by atoms with van der Waals surface area (Å²) in [4.78, 5) is 4.79. The molecule has 0 saturated heterocycles. The third-order valence-electron chi connectivity index (χ3n) is 4.71. The van der Waals surface area contributed by atoms with Crippen molar-refractivity contribution in [3.8, 4) is 0 Å². The van der Waals surface area contributed by atoms with E-state index in [2.05, 4.69) is 52.5 Å². The second kappa shape index (κ2) is 5.58. The van der Waals surface area contributed by atoms with Crippen molar-refractivity contribution in [1.29, 1.82) is 0 Å². The van der Waals surface area contributed by atoms with Gasteiger partial charge in [0, 0.05) is 10.5 Å². The molecular weight excluding hydrogens is 348 g/mol. The van der Waals surface area contributed by atoms with Gasteiger partial charge in [-0.3, -0.25) is 0 Å². The molecule has 0 amide bonds. The lowest BCUT2D eigenvalue weighted by Crippen LogP contribution is -2.24. The van der Waals surface area contributed by atoms with Crippen molar-refractivity contribution in [2.24, 2.45) is 5.41 Å². The highest BCUT2D eigenvalue weighted by Gasteiger charge is 2.30. The van der Waals surface area contributed by atoms with Crippen molar-refractivity contribution >= 4 is 38.6 Å². The Labute approximate surface area is 140 Å². The van der Waals surface area contributed by atoms with Gasteiger partial charge in [0.2, 0.25) is 0 Å². The van der Waals surface area contributed by atoms with Crippen LogP contribution in [0.2, 0.25) is 0 Å². The number of halogens is 2. The summed E-state index contributed by atoms with van der Waals surface area (Å²) >= 11 is 9.93. The lowest BCUT2D eigenvalue weighted by molar-refractivity contribution is 0.194. The minimum atomic E-state index is -0.0638. The molecule has 0 spiro atoms. The summed E-state index contributed by atoms with van der Waals surface area (Å²) in [5.41, 5.74) is 2.73. The van der Waals surface area contributed by atoms with Crippen LogP contribution in [0.1, 0.15) is 63.7 Å². The Balaban J connectivity index is 2.06. The Morgan fingerprint density at radius 1 is 1.33 bits per heavy atom. The molecule has 1 aliphatic carbocycles. The van der Waals surface area contributed by atoms with Crippen LogP contribution in [-0.4, -0.2) is 9.55 Å². The van der Waals surface area contributed by atoms with E-state index in [0.29, 0.717) is 11.5 Å². The van der Waals surface area contributed by atoms with Crippen LogP contribution >= 0.6 is 27.5 Å². The quantitative estimate of drug-likeness (QED) is 0.573. The predicted molar refractivity (Wildman–Crippen MR) is 93.0 cm³/mol. The van der Waals surface area contributed by atoms with Crippen molar-refractivity contribution in [3.63, 3.8) is 0 Å². The van der Waals surface area contributed by atoms with Gasteiger partial charge in [0.05, 0.1) is 16.4 Å². The fourth-order valence-electron chi connectivity index (χ4n) is 3.40. The van der Waals surface area contributed by atoms with Gasteiger partial charge in [0.1, 0.15) is 5.82 Å². The lowest BCUT2D eigenvalue weighted by Gasteiger charge is -2.36. The van der Waals surface area contributed by atoms with E-state index < -0.39 is 0 Å². The first-order valence-electron chi connectivity index (χ1n) is 7.69. The van der Waals surface area contributed by atoms with Crippen LogP contribution in [0, 0.1) is 5.41 Å². The van der Waals surface area contributed by atoms with E-state index in [1.165, 1.54) is 31.2 Å². The second-order valence-corrected chi connectivity index (χ2v) is 8.55. The Bertz CT molecular complexity index is 650. The van der Waals surface area contributed by atoms with Gasteiger partial charge in [-0.05, 0) is 56.2 Å². The summed E-state index contributed by atoms with van der Waals surface area (Å²) in [7, 11) is 0. The molecular formula is C17H22BrClN2. The number of benzene rings is 1. The first kappa shape index (κ1) is 15.4. The molecule has 1 unspecified atom stereocenters. The van der Waals surface area contributed by atoms with E-state index in [1.54, 1.807) is 0 Å². The van der Waals surface area contributed by atoms with Crippen LogP contribution < -0.4 is 0 Å². The van der Waals surface area contributed by atoms with Crippen LogP contribution in [0.25, 0.3) is 11.0 Å². The van der Waals surface area contributed by atoms with Crippen molar-refractivity contribution < 1.29 is 0 Å². The molecule has 4 heteroatoms. The van der Waals surface area contributed by atoms with Crippen LogP contribution in [0.15, 0.2) is 22.7 Å². The van der Waals surface area contributed by atoms with Crippen molar-refractivity contribution in [2.75, 3.05) is 0 Å². The van der Waals surface area contributed by atoms with E-state index in [1.807, 2.05) is 6.92 Å². The third kappa shape index (κ3) is 3.00. The molecule has 0 radical (unpaired) electrons. The molecule has 3 rings (SSSR count). The number of imidazole rings is 1. The maximum Gasteiger partial charge on any atom is 0.127 e. The molecule has 114 valence electrons. The zero-order chi connectivity index (χ0) is 15.2. The minimum absolute atomic E-state index is 0.0638. The van der Waals surface area contributed by atoms with Gasteiger partial charge in [0.15, 0.2) is 0 Å². The van der Waals surface area contributed by atoms with Crippen LogP contribution in [0.5, 0.6) is 0 Å². The summed E-state index contributed by atoms with van der Waals surface area (Å²) in [5.74, 6) is 1.01. The normalized spacial score (nSPS) is 20.8. The van der Waals surface area contributed by atoms with Gasteiger partial charge >= 0.3 is 0 Å². The van der Waals surface area contributed by atoms with E-state index in [4.69, 9.17) is 16.6 Å². The minimum Gasteiger partial charge on any atom is -0.324 e. The first-order valence-corrected chi connectivity index (χ1v) is 8.92. The smallest absolute Gasteiger partial charge is 0.127 e. The molecule has 2 aromatic rings. The highest BCUT2D eigenvalue weighted by molar-refractivity contribution is 9.10. The zero-order valence-electron chi connectivity index (χ0n) is 12.9. The largest absolute Gasteiger partial charge is 0.324 e. The molecule has 0 aliphatic heterocycles. The van der Waals surface area contributed by atoms with Gasteiger partial charge in [0.25, 0.3) is 0 Å². The lowest BCUT2D eigenvalue weighted by atomic mass is 9.75. The average molecular weight is 370 g/mol. The van der Waals surface area contributed by atoms with Gasteiger partial charge in [-0.2, -0.15) is 0 Å². The molecule has 21 heavy (non-hydrogen) atoms. The van der Waals surface area contributed by atoms with Gasteiger partial charge in [-0.25, -0.2) is 4.98 Å². The highest BCUT2D eigenvalue weighted by Crippen LogP contribution is 2.42. The Morgan fingerprint density at radius 2 is 2.00 bits per heavy atom. The van der Waals surface area contributed by atoms with Gasteiger partial charge in [-0.15, -0.1) is 11.6 Å². The molecule has 2 nitrogen and oxygen atoms in total. The first-order chi connectivity index (χ1) is 9.87. The molecule has 1 saturated carbocycles. The molecule has 1 heterocycles. The van der Waals surface area contributed by atoms with Crippen molar-refractivity contribution in [1.82, 2.24) is 9.55 Å². The van der Waals surface area contributed by atoms with Crippen molar-refractivity contribution in [2.45, 2.75) is 57.9 Å². The molecule has 1 aromatic heterocycles.